The zero-order valence-electron chi connectivity index (χ0n) is 5.94. The van der Waals surface area contributed by atoms with Gasteiger partial charge in [0.2, 0.25) is 5.89 Å². The number of oxazole rings is 1. The van der Waals surface area contributed by atoms with Crippen molar-refractivity contribution in [1.29, 1.82) is 0 Å². The summed E-state index contributed by atoms with van der Waals surface area (Å²) in [5.41, 5.74) is 1.76. The molecule has 0 aliphatic rings. The molecule has 2 aromatic rings. The molecule has 56 valence electrons. The lowest BCUT2D eigenvalue weighted by molar-refractivity contribution is 0.544. The molecule has 0 aliphatic carbocycles. The van der Waals surface area contributed by atoms with Gasteiger partial charge in [0.15, 0.2) is 0 Å². The van der Waals surface area contributed by atoms with Gasteiger partial charge in [-0.25, -0.2) is 4.98 Å². The Labute approximate surface area is 67.7 Å². The Hall–Kier alpha value is -1.16. The number of thiazole rings is 1. The minimum atomic E-state index is 0.657. The van der Waals surface area contributed by atoms with E-state index in [9.17, 15) is 0 Å². The Morgan fingerprint density at radius 1 is 1.45 bits per heavy atom. The minimum Gasteiger partial charge on any atom is -0.441 e. The fourth-order valence-electron chi connectivity index (χ4n) is 0.790. The molecule has 3 nitrogen and oxygen atoms in total. The monoisotopic (exact) mass is 166 g/mol. The molecule has 0 saturated heterocycles. The fraction of sp³-hybridized carbons (Fsp3) is 0.143. The average molecular weight is 166 g/mol. The Morgan fingerprint density at radius 3 is 2.91 bits per heavy atom. The van der Waals surface area contributed by atoms with Crippen molar-refractivity contribution in [2.75, 3.05) is 0 Å². The van der Waals surface area contributed by atoms with Crippen LogP contribution in [0.3, 0.4) is 0 Å². The van der Waals surface area contributed by atoms with E-state index < -0.39 is 0 Å². The summed E-state index contributed by atoms with van der Waals surface area (Å²) >= 11 is 1.52. The van der Waals surface area contributed by atoms with Gasteiger partial charge in [0.25, 0.3) is 0 Å². The van der Waals surface area contributed by atoms with Crippen molar-refractivity contribution in [3.8, 4) is 10.8 Å². The topological polar surface area (TPSA) is 38.9 Å². The molecule has 0 aliphatic heterocycles. The van der Waals surface area contributed by atoms with Crippen LogP contribution in [0.25, 0.3) is 10.8 Å². The second-order valence-corrected chi connectivity index (χ2v) is 3.03. The van der Waals surface area contributed by atoms with Crippen LogP contribution in [0, 0.1) is 6.92 Å². The predicted molar refractivity (Wildman–Crippen MR) is 42.3 cm³/mol. The third-order valence-electron chi connectivity index (χ3n) is 1.26. The van der Waals surface area contributed by atoms with Crippen LogP contribution in [0.4, 0.5) is 0 Å². The van der Waals surface area contributed by atoms with Gasteiger partial charge in [-0.3, -0.25) is 4.98 Å². The van der Waals surface area contributed by atoms with Crippen LogP contribution in [0.2, 0.25) is 0 Å². The number of aryl methyl sites for hydroxylation is 1. The van der Waals surface area contributed by atoms with E-state index >= 15 is 0 Å². The fourth-order valence-corrected chi connectivity index (χ4v) is 1.34. The maximum atomic E-state index is 5.29. The summed E-state index contributed by atoms with van der Waals surface area (Å²) in [6.07, 6.45) is 3.45. The van der Waals surface area contributed by atoms with Crippen LogP contribution in [-0.4, -0.2) is 9.97 Å². The Kier molecular flexibility index (Phi) is 1.47. The van der Waals surface area contributed by atoms with E-state index in [1.54, 1.807) is 17.9 Å². The molecule has 0 spiro atoms. The summed E-state index contributed by atoms with van der Waals surface area (Å²) in [6.45, 7) is 1.87. The van der Waals surface area contributed by atoms with Crippen molar-refractivity contribution in [3.05, 3.63) is 23.7 Å². The van der Waals surface area contributed by atoms with E-state index in [1.165, 1.54) is 11.3 Å². The van der Waals surface area contributed by atoms with E-state index in [2.05, 4.69) is 9.97 Å². The smallest absolute Gasteiger partial charge is 0.238 e. The highest BCUT2D eigenvalue weighted by Gasteiger charge is 2.04. The second kappa shape index (κ2) is 2.47. The van der Waals surface area contributed by atoms with Gasteiger partial charge in [-0.05, 0) is 6.92 Å². The molecule has 0 saturated carbocycles. The van der Waals surface area contributed by atoms with E-state index in [0.29, 0.717) is 5.89 Å². The van der Waals surface area contributed by atoms with Crippen LogP contribution in [-0.2, 0) is 0 Å². The molecule has 0 radical (unpaired) electrons. The van der Waals surface area contributed by atoms with Crippen molar-refractivity contribution in [2.24, 2.45) is 0 Å². The largest absolute Gasteiger partial charge is 0.441 e. The minimum absolute atomic E-state index is 0.657. The van der Waals surface area contributed by atoms with Crippen LogP contribution < -0.4 is 0 Å². The maximum absolute atomic E-state index is 5.29. The standard InChI is InChI=1S/C7H6N2OS/c1-5-2-9-7(10-5)6-3-8-4-11-6/h2-4H,1H3. The number of aromatic nitrogens is 2. The maximum Gasteiger partial charge on any atom is 0.238 e. The molecule has 0 atom stereocenters. The van der Waals surface area contributed by atoms with E-state index in [0.717, 1.165) is 10.6 Å². The normalized spacial score (nSPS) is 10.3. The van der Waals surface area contributed by atoms with Gasteiger partial charge in [-0.2, -0.15) is 0 Å². The molecule has 11 heavy (non-hydrogen) atoms. The lowest BCUT2D eigenvalue weighted by atomic mass is 10.6. The lowest BCUT2D eigenvalue weighted by Crippen LogP contribution is -1.66. The van der Waals surface area contributed by atoms with Gasteiger partial charge in [-0.15, -0.1) is 11.3 Å². The van der Waals surface area contributed by atoms with Crippen LogP contribution in [0.1, 0.15) is 5.76 Å². The van der Waals surface area contributed by atoms with Crippen LogP contribution in [0.15, 0.2) is 22.3 Å². The molecule has 0 fully saturated rings. The van der Waals surface area contributed by atoms with Gasteiger partial charge in [0, 0.05) is 0 Å². The summed E-state index contributed by atoms with van der Waals surface area (Å²) < 4.78 is 5.29. The van der Waals surface area contributed by atoms with Crippen LogP contribution in [0.5, 0.6) is 0 Å². The SMILES string of the molecule is Cc1cnc(-c2cncs2)o1. The van der Waals surface area contributed by atoms with Gasteiger partial charge < -0.3 is 4.42 Å². The van der Waals surface area contributed by atoms with Crippen molar-refractivity contribution in [2.45, 2.75) is 6.92 Å². The van der Waals surface area contributed by atoms with Crippen LogP contribution >= 0.6 is 11.3 Å². The molecular formula is C7H6N2OS. The van der Waals surface area contributed by atoms with Crippen molar-refractivity contribution in [1.82, 2.24) is 9.97 Å². The highest BCUT2D eigenvalue weighted by Crippen LogP contribution is 2.21. The first-order valence-electron chi connectivity index (χ1n) is 3.17. The molecule has 0 unspecified atom stereocenters. The molecule has 2 rings (SSSR count). The third-order valence-corrected chi connectivity index (χ3v) is 2.03. The number of hydrogen-bond donors (Lipinski definition) is 0. The lowest BCUT2D eigenvalue weighted by Gasteiger charge is -1.83. The molecule has 0 aromatic carbocycles. The van der Waals surface area contributed by atoms with E-state index in [4.69, 9.17) is 4.42 Å². The average Bonchev–Trinajstić information content (AvgIpc) is 2.55. The van der Waals surface area contributed by atoms with Crippen molar-refractivity contribution < 1.29 is 4.42 Å². The third kappa shape index (κ3) is 1.17. The molecule has 4 heteroatoms. The molecule has 0 amide bonds. The summed E-state index contributed by atoms with van der Waals surface area (Å²) in [5.74, 6) is 1.48. The Balaban J connectivity index is 2.45. The molecular weight excluding hydrogens is 160 g/mol. The summed E-state index contributed by atoms with van der Waals surface area (Å²) in [7, 11) is 0. The summed E-state index contributed by atoms with van der Waals surface area (Å²) in [4.78, 5) is 8.96. The number of hydrogen-bond acceptors (Lipinski definition) is 4. The second-order valence-electron chi connectivity index (χ2n) is 2.14. The molecule has 2 aromatic heterocycles. The van der Waals surface area contributed by atoms with Gasteiger partial charge in [0.1, 0.15) is 10.6 Å². The zero-order valence-corrected chi connectivity index (χ0v) is 6.76. The Morgan fingerprint density at radius 2 is 2.36 bits per heavy atom. The van der Waals surface area contributed by atoms with E-state index in [-0.39, 0.29) is 0 Å². The van der Waals surface area contributed by atoms with Gasteiger partial charge in [0.05, 0.1) is 17.9 Å². The van der Waals surface area contributed by atoms with Gasteiger partial charge in [-0.1, -0.05) is 0 Å². The molecule has 0 bridgehead atoms. The van der Waals surface area contributed by atoms with Gasteiger partial charge >= 0.3 is 0 Å². The number of rotatable bonds is 1. The first kappa shape index (κ1) is 6.54. The highest BCUT2D eigenvalue weighted by molar-refractivity contribution is 7.13. The first-order valence-corrected chi connectivity index (χ1v) is 4.05. The molecule has 0 N–H and O–H groups in total. The first-order chi connectivity index (χ1) is 5.36. The zero-order chi connectivity index (χ0) is 7.68. The Bertz CT molecular complexity index is 339. The summed E-state index contributed by atoms with van der Waals surface area (Å²) in [5, 5.41) is 0. The quantitative estimate of drug-likeness (QED) is 0.651. The molecule has 2 heterocycles. The highest BCUT2D eigenvalue weighted by atomic mass is 32.1. The predicted octanol–water partition coefficient (Wildman–Crippen LogP) is 2.11. The van der Waals surface area contributed by atoms with Crippen molar-refractivity contribution >= 4 is 11.3 Å². The number of nitrogens with zero attached hydrogens (tertiary/aromatic N) is 2. The van der Waals surface area contributed by atoms with E-state index in [1.807, 2.05) is 6.92 Å². The summed E-state index contributed by atoms with van der Waals surface area (Å²) in [6, 6.07) is 0. The van der Waals surface area contributed by atoms with Crippen molar-refractivity contribution in [3.63, 3.8) is 0 Å².